The van der Waals surface area contributed by atoms with Crippen LogP contribution in [0.3, 0.4) is 0 Å². The van der Waals surface area contributed by atoms with E-state index in [0.29, 0.717) is 16.1 Å². The van der Waals surface area contributed by atoms with Crippen LogP contribution in [0.2, 0.25) is 5.02 Å². The highest BCUT2D eigenvalue weighted by atomic mass is 35.5. The van der Waals surface area contributed by atoms with Crippen LogP contribution in [-0.4, -0.2) is 12.4 Å². The number of rotatable bonds is 2. The van der Waals surface area contributed by atoms with E-state index in [1.54, 1.807) is 13.0 Å². The lowest BCUT2D eigenvalue weighted by atomic mass is 9.85. The molecule has 0 spiro atoms. The van der Waals surface area contributed by atoms with Gasteiger partial charge in [-0.2, -0.15) is 0 Å². The molecule has 0 bridgehead atoms. The van der Waals surface area contributed by atoms with Crippen molar-refractivity contribution in [1.29, 1.82) is 0 Å². The fourth-order valence-corrected chi connectivity index (χ4v) is 1.65. The number of esters is 1. The average molecular weight is 255 g/mol. The first-order valence-corrected chi connectivity index (χ1v) is 5.60. The molecule has 0 unspecified atom stereocenters. The fourth-order valence-electron chi connectivity index (χ4n) is 1.43. The van der Waals surface area contributed by atoms with Crippen LogP contribution in [0.4, 0.5) is 0 Å². The first-order chi connectivity index (χ1) is 7.77. The molecule has 1 rings (SSSR count). The Kier molecular flexibility index (Phi) is 3.94. The van der Waals surface area contributed by atoms with Gasteiger partial charge in [-0.1, -0.05) is 32.4 Å². The third kappa shape index (κ3) is 3.07. The van der Waals surface area contributed by atoms with Crippen molar-refractivity contribution in [2.45, 2.75) is 33.1 Å². The third-order valence-electron chi connectivity index (χ3n) is 2.59. The number of carbonyl (C=O) groups is 2. The molecule has 1 aromatic carbocycles. The minimum atomic E-state index is -0.675. The van der Waals surface area contributed by atoms with Crippen molar-refractivity contribution >= 4 is 24.0 Å². The smallest absolute Gasteiger partial charge is 0.345 e. The summed E-state index contributed by atoms with van der Waals surface area (Å²) >= 11 is 6.07. The molecule has 0 fully saturated rings. The van der Waals surface area contributed by atoms with Crippen LogP contribution >= 0.6 is 11.6 Å². The minimum absolute atomic E-state index is 0.124. The van der Waals surface area contributed by atoms with Crippen molar-refractivity contribution in [2.75, 3.05) is 0 Å². The Hall–Kier alpha value is -1.35. The molecule has 0 aliphatic rings. The van der Waals surface area contributed by atoms with Crippen molar-refractivity contribution in [1.82, 2.24) is 0 Å². The largest absolute Gasteiger partial charge is 0.392 e. The Morgan fingerprint density at radius 2 is 1.94 bits per heavy atom. The highest BCUT2D eigenvalue weighted by Crippen LogP contribution is 2.29. The SMILES string of the molecule is Cc1c(Cl)cc(C(C)(C)C)cc1C(=O)OC=O. The molecule has 0 atom stereocenters. The summed E-state index contributed by atoms with van der Waals surface area (Å²) < 4.78 is 4.35. The van der Waals surface area contributed by atoms with Crippen LogP contribution in [0.25, 0.3) is 0 Å². The molecule has 0 aliphatic carbocycles. The van der Waals surface area contributed by atoms with E-state index in [1.165, 1.54) is 0 Å². The molecule has 3 nitrogen and oxygen atoms in total. The van der Waals surface area contributed by atoms with Crippen molar-refractivity contribution in [3.8, 4) is 0 Å². The molecule has 0 heterocycles. The highest BCUT2D eigenvalue weighted by molar-refractivity contribution is 6.32. The van der Waals surface area contributed by atoms with Crippen molar-refractivity contribution in [3.05, 3.63) is 33.8 Å². The van der Waals surface area contributed by atoms with Crippen molar-refractivity contribution in [3.63, 3.8) is 0 Å². The molecule has 0 aromatic heterocycles. The van der Waals surface area contributed by atoms with Gasteiger partial charge in [0, 0.05) is 5.02 Å². The zero-order chi connectivity index (χ0) is 13.2. The van der Waals surface area contributed by atoms with Gasteiger partial charge in [0.15, 0.2) is 0 Å². The average Bonchev–Trinajstić information content (AvgIpc) is 2.20. The second-order valence-electron chi connectivity index (χ2n) is 4.88. The highest BCUT2D eigenvalue weighted by Gasteiger charge is 2.20. The summed E-state index contributed by atoms with van der Waals surface area (Å²) in [5, 5.41) is 0.496. The van der Waals surface area contributed by atoms with Gasteiger partial charge in [0.2, 0.25) is 0 Å². The van der Waals surface area contributed by atoms with E-state index in [-0.39, 0.29) is 11.9 Å². The second kappa shape index (κ2) is 4.88. The van der Waals surface area contributed by atoms with Crippen LogP contribution in [0, 0.1) is 6.92 Å². The van der Waals surface area contributed by atoms with Crippen LogP contribution in [0.15, 0.2) is 12.1 Å². The van der Waals surface area contributed by atoms with E-state index in [2.05, 4.69) is 4.74 Å². The Morgan fingerprint density at radius 1 is 1.35 bits per heavy atom. The quantitative estimate of drug-likeness (QED) is 0.462. The molecule has 0 aliphatic heterocycles. The monoisotopic (exact) mass is 254 g/mol. The van der Waals surface area contributed by atoms with E-state index in [0.717, 1.165) is 5.56 Å². The third-order valence-corrected chi connectivity index (χ3v) is 2.98. The summed E-state index contributed by atoms with van der Waals surface area (Å²) in [5.41, 5.74) is 1.74. The number of halogens is 1. The lowest BCUT2D eigenvalue weighted by Crippen LogP contribution is -2.14. The first-order valence-electron chi connectivity index (χ1n) is 5.22. The Bertz CT molecular complexity index is 458. The van der Waals surface area contributed by atoms with E-state index in [1.807, 2.05) is 26.8 Å². The number of benzene rings is 1. The minimum Gasteiger partial charge on any atom is -0.392 e. The summed E-state index contributed by atoms with van der Waals surface area (Å²) in [7, 11) is 0. The van der Waals surface area contributed by atoms with Gasteiger partial charge >= 0.3 is 12.4 Å². The maximum atomic E-state index is 11.6. The molecule has 0 saturated heterocycles. The van der Waals surface area contributed by atoms with Crippen LogP contribution < -0.4 is 0 Å². The molecule has 0 N–H and O–H groups in total. The lowest BCUT2D eigenvalue weighted by molar-refractivity contribution is -0.123. The van der Waals surface area contributed by atoms with Gasteiger partial charge < -0.3 is 4.74 Å². The first kappa shape index (κ1) is 13.7. The van der Waals surface area contributed by atoms with Crippen LogP contribution in [0.5, 0.6) is 0 Å². The van der Waals surface area contributed by atoms with Gasteiger partial charge in [-0.25, -0.2) is 4.79 Å². The predicted octanol–water partition coefficient (Wildman–Crippen LogP) is 3.26. The summed E-state index contributed by atoms with van der Waals surface area (Å²) in [5.74, 6) is -0.675. The molecule has 0 amide bonds. The molecule has 92 valence electrons. The topological polar surface area (TPSA) is 43.4 Å². The maximum Gasteiger partial charge on any atom is 0.345 e. The molecule has 17 heavy (non-hydrogen) atoms. The summed E-state index contributed by atoms with van der Waals surface area (Å²) in [4.78, 5) is 21.8. The molecule has 1 aromatic rings. The fraction of sp³-hybridized carbons (Fsp3) is 0.385. The maximum absolute atomic E-state index is 11.6. The van der Waals surface area contributed by atoms with Gasteiger partial charge in [-0.05, 0) is 35.6 Å². The van der Waals surface area contributed by atoms with Gasteiger partial charge in [0.05, 0.1) is 5.56 Å². The molecular formula is C13H15ClO3. The number of ether oxygens (including phenoxy) is 1. The summed E-state index contributed by atoms with van der Waals surface area (Å²) in [6, 6.07) is 3.54. The van der Waals surface area contributed by atoms with Crippen LogP contribution in [-0.2, 0) is 14.9 Å². The number of hydrogen-bond donors (Lipinski definition) is 0. The van der Waals surface area contributed by atoms with Gasteiger partial charge in [-0.15, -0.1) is 0 Å². The summed E-state index contributed by atoms with van der Waals surface area (Å²) in [6.45, 7) is 7.89. The summed E-state index contributed by atoms with van der Waals surface area (Å²) in [6.07, 6.45) is 0. The normalized spacial score (nSPS) is 11.1. The molecular weight excluding hydrogens is 240 g/mol. The van der Waals surface area contributed by atoms with E-state index in [4.69, 9.17) is 11.6 Å². The predicted molar refractivity (Wildman–Crippen MR) is 66.4 cm³/mol. The molecule has 0 saturated carbocycles. The number of hydrogen-bond acceptors (Lipinski definition) is 3. The lowest BCUT2D eigenvalue weighted by Gasteiger charge is -2.21. The van der Waals surface area contributed by atoms with Crippen LogP contribution in [0.1, 0.15) is 42.3 Å². The van der Waals surface area contributed by atoms with E-state index >= 15 is 0 Å². The van der Waals surface area contributed by atoms with E-state index in [9.17, 15) is 9.59 Å². The second-order valence-corrected chi connectivity index (χ2v) is 5.29. The van der Waals surface area contributed by atoms with Gasteiger partial charge in [0.25, 0.3) is 0 Å². The van der Waals surface area contributed by atoms with Gasteiger partial charge in [-0.3, -0.25) is 4.79 Å². The molecule has 4 heteroatoms. The standard InChI is InChI=1S/C13H15ClO3/c1-8-10(12(16)17-7-15)5-9(6-11(8)14)13(2,3)4/h5-7H,1-4H3. The van der Waals surface area contributed by atoms with E-state index < -0.39 is 5.97 Å². The Morgan fingerprint density at radius 3 is 2.41 bits per heavy atom. The van der Waals surface area contributed by atoms with Crippen molar-refractivity contribution < 1.29 is 14.3 Å². The Labute approximate surface area is 106 Å². The van der Waals surface area contributed by atoms with Crippen molar-refractivity contribution in [2.24, 2.45) is 0 Å². The molecule has 0 radical (unpaired) electrons. The Balaban J connectivity index is 3.35. The number of carbonyl (C=O) groups excluding carboxylic acids is 2. The zero-order valence-electron chi connectivity index (χ0n) is 10.3. The zero-order valence-corrected chi connectivity index (χ0v) is 11.1. The van der Waals surface area contributed by atoms with Gasteiger partial charge in [0.1, 0.15) is 0 Å².